The fourth-order valence-corrected chi connectivity index (χ4v) is 0.673. The normalized spacial score (nSPS) is 11.8. The van der Waals surface area contributed by atoms with E-state index < -0.39 is 6.09 Å². The van der Waals surface area contributed by atoms with Crippen molar-refractivity contribution >= 4 is 6.09 Å². The van der Waals surface area contributed by atoms with Gasteiger partial charge in [-0.05, 0) is 12.8 Å². The van der Waals surface area contributed by atoms with Crippen LogP contribution < -0.4 is 5.32 Å². The number of amides is 1. The molecule has 0 saturated heterocycles. The highest BCUT2D eigenvalue weighted by Crippen LogP contribution is 2.04. The molecule has 0 aromatic rings. The van der Waals surface area contributed by atoms with E-state index in [1.54, 1.807) is 6.08 Å². The van der Waals surface area contributed by atoms with Crippen molar-refractivity contribution in [2.24, 2.45) is 5.92 Å². The van der Waals surface area contributed by atoms with Gasteiger partial charge in [-0.3, -0.25) is 5.32 Å². The molecule has 3 heteroatoms. The molecular weight excluding hydrogens is 130 g/mol. The second-order valence-corrected chi connectivity index (χ2v) is 2.33. The van der Waals surface area contributed by atoms with Crippen LogP contribution in [0.4, 0.5) is 4.79 Å². The highest BCUT2D eigenvalue weighted by Gasteiger charge is 2.03. The predicted octanol–water partition coefficient (Wildman–Crippen LogP) is 1.81. The topological polar surface area (TPSA) is 49.3 Å². The summed E-state index contributed by atoms with van der Waals surface area (Å²) in [6.45, 7) is 5.68. The van der Waals surface area contributed by atoms with Crippen LogP contribution in [0.1, 0.15) is 20.8 Å². The van der Waals surface area contributed by atoms with Gasteiger partial charge in [0, 0.05) is 5.70 Å². The zero-order valence-corrected chi connectivity index (χ0v) is 6.51. The first-order valence-corrected chi connectivity index (χ1v) is 3.24. The van der Waals surface area contributed by atoms with Crippen molar-refractivity contribution in [3.8, 4) is 0 Å². The highest BCUT2D eigenvalue weighted by atomic mass is 16.4. The summed E-state index contributed by atoms with van der Waals surface area (Å²) in [6, 6.07) is 0. The summed E-state index contributed by atoms with van der Waals surface area (Å²) >= 11 is 0. The molecule has 0 aromatic carbocycles. The van der Waals surface area contributed by atoms with Gasteiger partial charge in [-0.2, -0.15) is 0 Å². The molecule has 0 bridgehead atoms. The van der Waals surface area contributed by atoms with Gasteiger partial charge in [-0.15, -0.1) is 0 Å². The Kier molecular flexibility index (Phi) is 3.54. The smallest absolute Gasteiger partial charge is 0.408 e. The van der Waals surface area contributed by atoms with E-state index in [-0.39, 0.29) is 5.92 Å². The van der Waals surface area contributed by atoms with Crippen molar-refractivity contribution < 1.29 is 9.90 Å². The quantitative estimate of drug-likeness (QED) is 0.619. The molecule has 0 aromatic heterocycles. The molecule has 10 heavy (non-hydrogen) atoms. The highest BCUT2D eigenvalue weighted by molar-refractivity contribution is 5.66. The first-order chi connectivity index (χ1) is 4.57. The molecule has 0 spiro atoms. The Morgan fingerprint density at radius 3 is 2.20 bits per heavy atom. The van der Waals surface area contributed by atoms with E-state index >= 15 is 0 Å². The van der Waals surface area contributed by atoms with Gasteiger partial charge in [-0.25, -0.2) is 4.79 Å². The van der Waals surface area contributed by atoms with Crippen molar-refractivity contribution in [3.63, 3.8) is 0 Å². The lowest BCUT2D eigenvalue weighted by Gasteiger charge is -2.08. The molecule has 0 rings (SSSR count). The number of carboxylic acid groups (broad SMARTS) is 1. The number of hydrogen-bond donors (Lipinski definition) is 2. The average molecular weight is 143 g/mol. The lowest BCUT2D eigenvalue weighted by atomic mass is 10.1. The number of carbonyl (C=O) groups is 1. The van der Waals surface area contributed by atoms with Crippen LogP contribution in [-0.4, -0.2) is 11.2 Å². The van der Waals surface area contributed by atoms with Crippen molar-refractivity contribution in [3.05, 3.63) is 11.8 Å². The molecule has 0 aliphatic heterocycles. The van der Waals surface area contributed by atoms with E-state index in [1.165, 1.54) is 0 Å². The minimum atomic E-state index is -0.998. The third-order valence-electron chi connectivity index (χ3n) is 1.18. The predicted molar refractivity (Wildman–Crippen MR) is 39.8 cm³/mol. The zero-order valence-electron chi connectivity index (χ0n) is 6.51. The van der Waals surface area contributed by atoms with E-state index in [1.807, 2.05) is 20.8 Å². The lowest BCUT2D eigenvalue weighted by Crippen LogP contribution is -2.22. The molecule has 1 amide bonds. The summed E-state index contributed by atoms with van der Waals surface area (Å²) in [5, 5.41) is 10.6. The molecule has 58 valence electrons. The molecule has 3 nitrogen and oxygen atoms in total. The summed E-state index contributed by atoms with van der Waals surface area (Å²) < 4.78 is 0. The second-order valence-electron chi connectivity index (χ2n) is 2.33. The van der Waals surface area contributed by atoms with Gasteiger partial charge in [0.2, 0.25) is 0 Å². The van der Waals surface area contributed by atoms with E-state index in [0.29, 0.717) is 0 Å². The summed E-state index contributed by atoms with van der Waals surface area (Å²) in [7, 11) is 0. The maximum atomic E-state index is 10.1. The van der Waals surface area contributed by atoms with E-state index in [0.717, 1.165) is 5.70 Å². The second kappa shape index (κ2) is 3.93. The van der Waals surface area contributed by atoms with Crippen LogP contribution in [0.15, 0.2) is 11.8 Å². The molecular formula is C7H13NO2. The molecule has 0 aliphatic carbocycles. The Morgan fingerprint density at radius 1 is 1.60 bits per heavy atom. The zero-order chi connectivity index (χ0) is 8.15. The van der Waals surface area contributed by atoms with Crippen molar-refractivity contribution in [1.29, 1.82) is 0 Å². The Bertz CT molecular complexity index is 150. The number of allylic oxidation sites excluding steroid dienone is 2. The van der Waals surface area contributed by atoms with Crippen LogP contribution in [0.25, 0.3) is 0 Å². The molecule has 0 unspecified atom stereocenters. The Morgan fingerprint density at radius 2 is 2.10 bits per heavy atom. The van der Waals surface area contributed by atoms with E-state index in [4.69, 9.17) is 5.11 Å². The number of hydrogen-bond acceptors (Lipinski definition) is 1. The monoisotopic (exact) mass is 143 g/mol. The maximum Gasteiger partial charge on any atom is 0.408 e. The molecule has 2 N–H and O–H groups in total. The summed E-state index contributed by atoms with van der Waals surface area (Å²) in [5.41, 5.74) is 0.743. The SMILES string of the molecule is CC=C(NC(=O)O)C(C)C. The van der Waals surface area contributed by atoms with Crippen LogP contribution in [0.2, 0.25) is 0 Å². The standard InChI is InChI=1S/C7H13NO2/c1-4-6(5(2)3)8-7(9)10/h4-5,8H,1-3H3,(H,9,10). The fraction of sp³-hybridized carbons (Fsp3) is 0.571. The van der Waals surface area contributed by atoms with Crippen molar-refractivity contribution in [2.75, 3.05) is 0 Å². The molecule has 0 atom stereocenters. The Labute approximate surface area is 60.7 Å². The van der Waals surface area contributed by atoms with Crippen LogP contribution in [-0.2, 0) is 0 Å². The van der Waals surface area contributed by atoms with Crippen LogP contribution in [0, 0.1) is 5.92 Å². The third kappa shape index (κ3) is 3.12. The third-order valence-corrected chi connectivity index (χ3v) is 1.18. The first kappa shape index (κ1) is 9.01. The molecule has 0 radical (unpaired) electrons. The minimum Gasteiger partial charge on any atom is -0.465 e. The van der Waals surface area contributed by atoms with Crippen LogP contribution >= 0.6 is 0 Å². The van der Waals surface area contributed by atoms with Crippen molar-refractivity contribution in [2.45, 2.75) is 20.8 Å². The van der Waals surface area contributed by atoms with Gasteiger partial charge in [0.1, 0.15) is 0 Å². The van der Waals surface area contributed by atoms with Gasteiger partial charge >= 0.3 is 6.09 Å². The molecule has 0 heterocycles. The summed E-state index contributed by atoms with van der Waals surface area (Å²) in [5.74, 6) is 0.237. The number of rotatable bonds is 2. The summed E-state index contributed by atoms with van der Waals surface area (Å²) in [6.07, 6.45) is 0.764. The lowest BCUT2D eigenvalue weighted by molar-refractivity contribution is 0.196. The van der Waals surface area contributed by atoms with Gasteiger partial charge < -0.3 is 5.11 Å². The van der Waals surface area contributed by atoms with Crippen molar-refractivity contribution in [1.82, 2.24) is 5.32 Å². The van der Waals surface area contributed by atoms with E-state index in [9.17, 15) is 4.79 Å². The molecule has 0 fully saturated rings. The van der Waals surface area contributed by atoms with Gasteiger partial charge in [-0.1, -0.05) is 19.9 Å². The van der Waals surface area contributed by atoms with Crippen LogP contribution in [0.3, 0.4) is 0 Å². The Hall–Kier alpha value is -0.990. The summed E-state index contributed by atoms with van der Waals surface area (Å²) in [4.78, 5) is 10.1. The first-order valence-electron chi connectivity index (χ1n) is 3.24. The van der Waals surface area contributed by atoms with E-state index in [2.05, 4.69) is 5.32 Å². The van der Waals surface area contributed by atoms with Gasteiger partial charge in [0.25, 0.3) is 0 Å². The maximum absolute atomic E-state index is 10.1. The molecule has 0 saturated carbocycles. The van der Waals surface area contributed by atoms with Crippen LogP contribution in [0.5, 0.6) is 0 Å². The molecule has 0 aliphatic rings. The average Bonchev–Trinajstić information content (AvgIpc) is 1.81. The largest absolute Gasteiger partial charge is 0.465 e. The minimum absolute atomic E-state index is 0.237. The Balaban J connectivity index is 3.99. The van der Waals surface area contributed by atoms with Gasteiger partial charge in [0.15, 0.2) is 0 Å². The van der Waals surface area contributed by atoms with Gasteiger partial charge in [0.05, 0.1) is 0 Å². The fourth-order valence-electron chi connectivity index (χ4n) is 0.673. The number of nitrogens with one attached hydrogen (secondary N) is 1.